The monoisotopic (exact) mass is 308 g/mol. The third-order valence-corrected chi connectivity index (χ3v) is 3.91. The van der Waals surface area contributed by atoms with Gasteiger partial charge in [0.05, 0.1) is 12.8 Å². The highest BCUT2D eigenvalue weighted by Gasteiger charge is 2.21. The van der Waals surface area contributed by atoms with Gasteiger partial charge in [0.2, 0.25) is 5.82 Å². The van der Waals surface area contributed by atoms with E-state index in [-0.39, 0.29) is 11.7 Å². The van der Waals surface area contributed by atoms with Gasteiger partial charge >= 0.3 is 5.97 Å². The number of aromatic nitrogens is 3. The maximum absolute atomic E-state index is 12.2. The summed E-state index contributed by atoms with van der Waals surface area (Å²) in [4.78, 5) is 28.3. The number of aromatic amines is 1. The van der Waals surface area contributed by atoms with Crippen molar-refractivity contribution in [1.82, 2.24) is 15.2 Å². The molecule has 1 amide bonds. The first-order chi connectivity index (χ1) is 9.93. The maximum atomic E-state index is 12.2. The standard InChI is InChI=1S/C13H16N4O3S/c1-6(2)10-15-11(17-16-10)12(18)14-8-7(3)5-21-9(8)13(19)20-4/h5-6H,1-4H3,(H,14,18)(H,15,16,17). The second kappa shape index (κ2) is 6.04. The lowest BCUT2D eigenvalue weighted by Crippen LogP contribution is -2.16. The molecule has 2 rings (SSSR count). The molecular weight excluding hydrogens is 292 g/mol. The predicted molar refractivity (Wildman–Crippen MR) is 78.8 cm³/mol. The van der Waals surface area contributed by atoms with Crippen molar-refractivity contribution < 1.29 is 14.3 Å². The molecule has 2 aromatic heterocycles. The van der Waals surface area contributed by atoms with Crippen molar-refractivity contribution in [3.05, 3.63) is 27.5 Å². The first kappa shape index (κ1) is 15.2. The average Bonchev–Trinajstić information content (AvgIpc) is 3.06. The number of carbonyl (C=O) groups excluding carboxylic acids is 2. The van der Waals surface area contributed by atoms with Gasteiger partial charge in [-0.25, -0.2) is 9.78 Å². The van der Waals surface area contributed by atoms with Crippen LogP contribution in [0.1, 0.15) is 51.4 Å². The Morgan fingerprint density at radius 2 is 2.14 bits per heavy atom. The summed E-state index contributed by atoms with van der Waals surface area (Å²) in [5.41, 5.74) is 1.22. The minimum absolute atomic E-state index is 0.0418. The Bertz CT molecular complexity index is 675. The maximum Gasteiger partial charge on any atom is 0.350 e. The summed E-state index contributed by atoms with van der Waals surface area (Å²) in [5.74, 6) is -0.130. The number of nitrogens with one attached hydrogen (secondary N) is 2. The van der Waals surface area contributed by atoms with E-state index in [9.17, 15) is 9.59 Å². The van der Waals surface area contributed by atoms with E-state index in [2.05, 4.69) is 20.5 Å². The zero-order valence-corrected chi connectivity index (χ0v) is 13.0. The lowest BCUT2D eigenvalue weighted by atomic mass is 10.2. The molecule has 0 radical (unpaired) electrons. The van der Waals surface area contributed by atoms with Crippen molar-refractivity contribution in [3.8, 4) is 0 Å². The minimum atomic E-state index is -0.485. The molecule has 0 aliphatic rings. The second-order valence-corrected chi connectivity index (χ2v) is 5.65. The number of ether oxygens (including phenoxy) is 1. The van der Waals surface area contributed by atoms with Gasteiger partial charge in [-0.1, -0.05) is 13.8 Å². The molecule has 2 aromatic rings. The molecule has 0 unspecified atom stereocenters. The molecule has 8 heteroatoms. The molecule has 0 saturated carbocycles. The number of aryl methyl sites for hydroxylation is 1. The van der Waals surface area contributed by atoms with Gasteiger partial charge in [0.25, 0.3) is 5.91 Å². The Hall–Kier alpha value is -2.22. The van der Waals surface area contributed by atoms with Crippen LogP contribution >= 0.6 is 11.3 Å². The zero-order chi connectivity index (χ0) is 15.6. The van der Waals surface area contributed by atoms with E-state index in [1.165, 1.54) is 18.4 Å². The number of H-pyrrole nitrogens is 1. The molecule has 0 saturated heterocycles. The van der Waals surface area contributed by atoms with Crippen molar-refractivity contribution in [3.63, 3.8) is 0 Å². The molecule has 2 heterocycles. The van der Waals surface area contributed by atoms with E-state index in [0.29, 0.717) is 16.4 Å². The average molecular weight is 308 g/mol. The van der Waals surface area contributed by atoms with Gasteiger partial charge in [0.15, 0.2) is 0 Å². The van der Waals surface area contributed by atoms with Gasteiger partial charge in [-0.15, -0.1) is 16.4 Å². The number of hydrogen-bond donors (Lipinski definition) is 2. The van der Waals surface area contributed by atoms with Crippen molar-refractivity contribution in [1.29, 1.82) is 0 Å². The van der Waals surface area contributed by atoms with Gasteiger partial charge in [-0.3, -0.25) is 9.89 Å². The van der Waals surface area contributed by atoms with Crippen LogP contribution in [0.4, 0.5) is 5.69 Å². The molecule has 0 fully saturated rings. The quantitative estimate of drug-likeness (QED) is 0.845. The summed E-state index contributed by atoms with van der Waals surface area (Å²) in [6.07, 6.45) is 0. The minimum Gasteiger partial charge on any atom is -0.465 e. The SMILES string of the molecule is COC(=O)c1scc(C)c1NC(=O)c1n[nH]c(C(C)C)n1. The molecule has 0 spiro atoms. The first-order valence-electron chi connectivity index (χ1n) is 6.34. The third kappa shape index (κ3) is 3.10. The fourth-order valence-electron chi connectivity index (χ4n) is 1.65. The fourth-order valence-corrected chi connectivity index (χ4v) is 2.57. The number of esters is 1. The number of carbonyl (C=O) groups is 2. The Balaban J connectivity index is 2.23. The summed E-state index contributed by atoms with van der Waals surface area (Å²) < 4.78 is 4.70. The molecule has 0 aromatic carbocycles. The van der Waals surface area contributed by atoms with Crippen LogP contribution in [-0.4, -0.2) is 34.2 Å². The highest BCUT2D eigenvalue weighted by molar-refractivity contribution is 7.12. The summed E-state index contributed by atoms with van der Waals surface area (Å²) in [6, 6.07) is 0. The predicted octanol–water partition coefficient (Wildman–Crippen LogP) is 2.34. The second-order valence-electron chi connectivity index (χ2n) is 4.77. The molecule has 7 nitrogen and oxygen atoms in total. The smallest absolute Gasteiger partial charge is 0.350 e. The molecule has 2 N–H and O–H groups in total. The van der Waals surface area contributed by atoms with Gasteiger partial charge < -0.3 is 10.1 Å². The van der Waals surface area contributed by atoms with E-state index in [4.69, 9.17) is 4.74 Å². The summed E-state index contributed by atoms with van der Waals surface area (Å²) in [7, 11) is 1.30. The number of rotatable bonds is 4. The van der Waals surface area contributed by atoms with Crippen LogP contribution < -0.4 is 5.32 Å². The Morgan fingerprint density at radius 3 is 2.71 bits per heavy atom. The van der Waals surface area contributed by atoms with Crippen molar-refractivity contribution in [2.24, 2.45) is 0 Å². The van der Waals surface area contributed by atoms with Crippen LogP contribution in [0.5, 0.6) is 0 Å². The molecule has 0 atom stereocenters. The van der Waals surface area contributed by atoms with Gasteiger partial charge in [0, 0.05) is 5.92 Å². The third-order valence-electron chi connectivity index (χ3n) is 2.84. The number of thiophene rings is 1. The number of nitrogens with zero attached hydrogens (tertiary/aromatic N) is 2. The summed E-state index contributed by atoms with van der Waals surface area (Å²) in [6.45, 7) is 5.69. The number of anilines is 1. The molecule has 21 heavy (non-hydrogen) atoms. The fraction of sp³-hybridized carbons (Fsp3) is 0.385. The van der Waals surface area contributed by atoms with Crippen molar-refractivity contribution >= 4 is 28.9 Å². The summed E-state index contributed by atoms with van der Waals surface area (Å²) in [5, 5.41) is 11.0. The van der Waals surface area contributed by atoms with Crippen LogP contribution in [0.15, 0.2) is 5.38 Å². The van der Waals surface area contributed by atoms with Crippen LogP contribution in [0, 0.1) is 6.92 Å². The number of amides is 1. The molecule has 112 valence electrons. The Kier molecular flexibility index (Phi) is 4.37. The van der Waals surface area contributed by atoms with Crippen LogP contribution in [0.25, 0.3) is 0 Å². The molecular formula is C13H16N4O3S. The highest BCUT2D eigenvalue weighted by atomic mass is 32.1. The van der Waals surface area contributed by atoms with E-state index in [1.807, 2.05) is 13.8 Å². The van der Waals surface area contributed by atoms with E-state index in [0.717, 1.165) is 5.56 Å². The van der Waals surface area contributed by atoms with Crippen LogP contribution in [0.3, 0.4) is 0 Å². The molecule has 0 aliphatic heterocycles. The summed E-state index contributed by atoms with van der Waals surface area (Å²) >= 11 is 1.22. The van der Waals surface area contributed by atoms with E-state index < -0.39 is 11.9 Å². The van der Waals surface area contributed by atoms with E-state index in [1.54, 1.807) is 12.3 Å². The van der Waals surface area contributed by atoms with Crippen molar-refractivity contribution in [2.45, 2.75) is 26.7 Å². The van der Waals surface area contributed by atoms with Gasteiger partial charge in [-0.05, 0) is 17.9 Å². The van der Waals surface area contributed by atoms with Gasteiger partial charge in [-0.2, -0.15) is 0 Å². The molecule has 0 bridgehead atoms. The highest BCUT2D eigenvalue weighted by Crippen LogP contribution is 2.28. The lowest BCUT2D eigenvalue weighted by Gasteiger charge is -2.05. The van der Waals surface area contributed by atoms with Crippen LogP contribution in [-0.2, 0) is 4.74 Å². The zero-order valence-electron chi connectivity index (χ0n) is 12.2. The topological polar surface area (TPSA) is 97.0 Å². The Labute approximate surface area is 125 Å². The van der Waals surface area contributed by atoms with Crippen LogP contribution in [0.2, 0.25) is 0 Å². The normalized spacial score (nSPS) is 10.7. The first-order valence-corrected chi connectivity index (χ1v) is 7.22. The lowest BCUT2D eigenvalue weighted by molar-refractivity contribution is 0.0607. The molecule has 0 aliphatic carbocycles. The Morgan fingerprint density at radius 1 is 1.43 bits per heavy atom. The largest absolute Gasteiger partial charge is 0.465 e. The number of methoxy groups -OCH3 is 1. The van der Waals surface area contributed by atoms with Gasteiger partial charge in [0.1, 0.15) is 10.7 Å². The van der Waals surface area contributed by atoms with E-state index >= 15 is 0 Å². The number of hydrogen-bond acceptors (Lipinski definition) is 6. The van der Waals surface area contributed by atoms with Crippen molar-refractivity contribution in [2.75, 3.05) is 12.4 Å².